The summed E-state index contributed by atoms with van der Waals surface area (Å²) in [6, 6.07) is 28.7. The smallest absolute Gasteiger partial charge is 0.335 e. The molecule has 6 aromatic carbocycles. The molecule has 15 heteroatoms. The summed E-state index contributed by atoms with van der Waals surface area (Å²) in [5, 5.41) is 29.5. The average Bonchev–Trinajstić information content (AvgIpc) is 4.09. The Morgan fingerprint density at radius 1 is 0.575 bits per heavy atom. The van der Waals surface area contributed by atoms with Crippen LogP contribution in [-0.4, -0.2) is 91.1 Å². The lowest BCUT2D eigenvalue weighted by Crippen LogP contribution is -2.36. The van der Waals surface area contributed by atoms with E-state index < -0.39 is 5.97 Å². The summed E-state index contributed by atoms with van der Waals surface area (Å²) >= 11 is 0. The number of ether oxygens (including phenoxy) is 2. The van der Waals surface area contributed by atoms with E-state index >= 15 is 0 Å². The number of esters is 2. The minimum atomic E-state index is -0.860. The number of carbonyl (C=O) groups is 4. The molecule has 10 rings (SSSR count). The van der Waals surface area contributed by atoms with Gasteiger partial charge in [0.2, 0.25) is 0 Å². The number of nitrogens with zero attached hydrogens (tertiary/aromatic N) is 7. The monoisotopic (exact) mass is 1080 g/mol. The van der Waals surface area contributed by atoms with Gasteiger partial charge in [0, 0.05) is 50.1 Å². The van der Waals surface area contributed by atoms with Crippen LogP contribution in [0.15, 0.2) is 84.9 Å². The maximum absolute atomic E-state index is 13.5. The van der Waals surface area contributed by atoms with Crippen molar-refractivity contribution in [3.63, 3.8) is 0 Å². The van der Waals surface area contributed by atoms with Gasteiger partial charge in [0.25, 0.3) is 5.91 Å². The van der Waals surface area contributed by atoms with Crippen LogP contribution in [0.1, 0.15) is 156 Å². The number of carboxylic acids is 1. The molecular weight excluding hydrogens is 1000 g/mol. The predicted molar refractivity (Wildman–Crippen MR) is 315 cm³/mol. The Morgan fingerprint density at radius 3 is 1.48 bits per heavy atom. The molecule has 0 saturated carbocycles. The van der Waals surface area contributed by atoms with Crippen molar-refractivity contribution in [1.82, 2.24) is 40.2 Å². The lowest BCUT2D eigenvalue weighted by molar-refractivity contribution is -0.141. The number of aromatic carboxylic acids is 1. The highest BCUT2D eigenvalue weighted by molar-refractivity contribution is 5.95. The fraction of sp³-hybridized carbons (Fsp3) is 0.385. The second-order valence-corrected chi connectivity index (χ2v) is 21.0. The fourth-order valence-corrected chi connectivity index (χ4v) is 11.1. The minimum absolute atomic E-state index is 0. The van der Waals surface area contributed by atoms with E-state index in [0.717, 1.165) is 128 Å². The minimum Gasteiger partial charge on any atom is -0.478 e. The average molecular weight is 1080 g/mol. The van der Waals surface area contributed by atoms with Gasteiger partial charge in [-0.3, -0.25) is 14.4 Å². The molecule has 0 spiro atoms. The Labute approximate surface area is 470 Å². The van der Waals surface area contributed by atoms with Crippen LogP contribution < -0.4 is 5.32 Å². The lowest BCUT2D eigenvalue weighted by Gasteiger charge is -2.30. The van der Waals surface area contributed by atoms with Crippen LogP contribution in [0.5, 0.6) is 0 Å². The van der Waals surface area contributed by atoms with Crippen LogP contribution in [0, 0.1) is 55.4 Å². The van der Waals surface area contributed by atoms with E-state index in [1.165, 1.54) is 42.0 Å². The molecule has 80 heavy (non-hydrogen) atoms. The number of methoxy groups -OCH3 is 2. The van der Waals surface area contributed by atoms with Crippen molar-refractivity contribution in [3.05, 3.63) is 185 Å². The highest BCUT2D eigenvalue weighted by Crippen LogP contribution is 2.37. The van der Waals surface area contributed by atoms with E-state index in [-0.39, 0.29) is 43.5 Å². The summed E-state index contributed by atoms with van der Waals surface area (Å²) in [7, 11) is 2.87. The number of aryl methyl sites for hydroxylation is 8. The second-order valence-electron chi connectivity index (χ2n) is 21.0. The van der Waals surface area contributed by atoms with E-state index in [1.807, 2.05) is 67.1 Å². The summed E-state index contributed by atoms with van der Waals surface area (Å²) in [5.41, 5.74) is 23.0. The van der Waals surface area contributed by atoms with Crippen molar-refractivity contribution < 1.29 is 33.8 Å². The maximum Gasteiger partial charge on any atom is 0.335 e. The second kappa shape index (κ2) is 25.8. The van der Waals surface area contributed by atoms with Gasteiger partial charge in [-0.05, 0) is 214 Å². The third-order valence-electron chi connectivity index (χ3n) is 16.3. The number of fused-ring (bicyclic) bond motifs is 4. The van der Waals surface area contributed by atoms with Gasteiger partial charge in [0.05, 0.1) is 43.7 Å². The van der Waals surface area contributed by atoms with Crippen LogP contribution in [0.25, 0.3) is 22.1 Å². The molecule has 2 atom stereocenters. The molecule has 0 saturated heterocycles. The van der Waals surface area contributed by atoms with Crippen LogP contribution in [0.4, 0.5) is 0 Å². The van der Waals surface area contributed by atoms with Gasteiger partial charge in [0.1, 0.15) is 11.0 Å². The molecule has 0 aliphatic carbocycles. The number of hydrogen-bond donors (Lipinski definition) is 2. The summed E-state index contributed by atoms with van der Waals surface area (Å²) < 4.78 is 13.9. The van der Waals surface area contributed by atoms with E-state index in [9.17, 15) is 19.2 Å². The van der Waals surface area contributed by atoms with Gasteiger partial charge in [-0.1, -0.05) is 66.4 Å². The van der Waals surface area contributed by atoms with E-state index in [0.29, 0.717) is 25.1 Å². The van der Waals surface area contributed by atoms with Gasteiger partial charge < -0.3 is 24.8 Å². The molecule has 0 fully saturated rings. The quantitative estimate of drug-likeness (QED) is 0.111. The molecule has 2 aromatic heterocycles. The molecule has 15 nitrogen and oxygen atoms in total. The Balaban J connectivity index is 0.000000196. The summed E-state index contributed by atoms with van der Waals surface area (Å²) in [4.78, 5) is 50.8. The van der Waals surface area contributed by atoms with Crippen molar-refractivity contribution in [2.45, 2.75) is 140 Å². The Hall–Kier alpha value is -8.04. The SMILES string of the molecule is C.CCn1nnc2c(C)c(C(CC(=O)OC)c3ccc4c(c3)CN(C(=O)c3cc(C)c(C)c(C)c3)CC4)ccc21.CCn1nnc2c(C)c(C(CC(=O)OC)c3ccc4c(c3)CNCC4)ccc21.Cc1cc(C(=O)O)cc(C)c1C. The highest BCUT2D eigenvalue weighted by Gasteiger charge is 2.28. The lowest BCUT2D eigenvalue weighted by atomic mass is 9.83. The molecule has 1 amide bonds. The molecule has 420 valence electrons. The summed E-state index contributed by atoms with van der Waals surface area (Å²) in [5.74, 6) is -1.55. The Morgan fingerprint density at radius 2 is 1.02 bits per heavy atom. The maximum atomic E-state index is 13.5. The third-order valence-corrected chi connectivity index (χ3v) is 16.3. The number of aromatic nitrogens is 6. The van der Waals surface area contributed by atoms with E-state index in [4.69, 9.17) is 14.6 Å². The first-order chi connectivity index (χ1) is 37.8. The van der Waals surface area contributed by atoms with Crippen molar-refractivity contribution in [3.8, 4) is 0 Å². The first kappa shape index (κ1) is 59.6. The van der Waals surface area contributed by atoms with Crippen LogP contribution in [0.2, 0.25) is 0 Å². The van der Waals surface area contributed by atoms with E-state index in [1.54, 1.807) is 12.1 Å². The van der Waals surface area contributed by atoms with Gasteiger partial charge >= 0.3 is 17.9 Å². The number of amides is 1. The normalized spacial score (nSPS) is 13.4. The van der Waals surface area contributed by atoms with Gasteiger partial charge in [-0.15, -0.1) is 10.2 Å². The number of hydrogen-bond acceptors (Lipinski definition) is 11. The molecule has 2 aliphatic heterocycles. The molecule has 2 aliphatic rings. The van der Waals surface area contributed by atoms with Crippen molar-refractivity contribution in [1.29, 1.82) is 0 Å². The van der Waals surface area contributed by atoms with Gasteiger partial charge in [-0.25, -0.2) is 14.2 Å². The standard InChI is InChI=1S/C32H36N4O3.C22H26N4O2.C10H12O2.CH4/c1-7-36-29-11-10-27(22(5)31(29)33-34-36)28(17-30(37)39-6)24-9-8-23-12-13-35(18-26(23)16-24)32(38)25-14-19(2)21(4)20(3)15-25;1-4-26-20-8-7-18(14(2)22(20)24-25-26)19(12-21(27)28-3)16-6-5-15-9-10-23-13-17(15)11-16;1-6-4-9(10(11)12)5-7(2)8(6)3;/h8-11,14-16,28H,7,12-13,17-18H2,1-6H3;5-8,11,19,23H,4,9-10,12-13H2,1-3H3;4-5H,1-3H3,(H,11,12);1H4. The zero-order valence-corrected chi connectivity index (χ0v) is 47.8. The van der Waals surface area contributed by atoms with Crippen molar-refractivity contribution in [2.24, 2.45) is 0 Å². The molecule has 0 radical (unpaired) electrons. The molecule has 0 bridgehead atoms. The van der Waals surface area contributed by atoms with Gasteiger partial charge in [-0.2, -0.15) is 0 Å². The zero-order chi connectivity index (χ0) is 56.8. The topological polar surface area (TPSA) is 184 Å². The van der Waals surface area contributed by atoms with Crippen molar-refractivity contribution in [2.75, 3.05) is 27.3 Å². The number of nitrogens with one attached hydrogen (secondary N) is 1. The molecule has 2 unspecified atom stereocenters. The number of benzene rings is 6. The van der Waals surface area contributed by atoms with Gasteiger partial charge in [0.15, 0.2) is 0 Å². The number of rotatable bonds is 12. The molecule has 2 N–H and O–H groups in total. The summed E-state index contributed by atoms with van der Waals surface area (Å²) in [6.07, 6.45) is 2.37. The Bertz CT molecular complexity index is 3570. The largest absolute Gasteiger partial charge is 0.478 e. The predicted octanol–water partition coefficient (Wildman–Crippen LogP) is 11.6. The first-order valence-corrected chi connectivity index (χ1v) is 27.3. The third kappa shape index (κ3) is 12.7. The fourth-order valence-electron chi connectivity index (χ4n) is 11.1. The van der Waals surface area contributed by atoms with E-state index in [2.05, 4.69) is 115 Å². The highest BCUT2D eigenvalue weighted by atomic mass is 16.5. The zero-order valence-electron chi connectivity index (χ0n) is 47.8. The first-order valence-electron chi connectivity index (χ1n) is 27.3. The number of carboxylic acid groups (broad SMARTS) is 1. The summed E-state index contributed by atoms with van der Waals surface area (Å²) in [6.45, 7) is 24.9. The van der Waals surface area contributed by atoms with Crippen LogP contribution in [-0.2, 0) is 58.1 Å². The molecule has 4 heterocycles. The molecule has 8 aromatic rings. The number of carbonyl (C=O) groups excluding carboxylic acids is 3. The van der Waals surface area contributed by atoms with Crippen LogP contribution >= 0.6 is 0 Å². The molecular formula is C65H78N8O7. The Kier molecular flexibility index (Phi) is 19.2. The van der Waals surface area contributed by atoms with Crippen LogP contribution in [0.3, 0.4) is 0 Å². The van der Waals surface area contributed by atoms with Crippen molar-refractivity contribution >= 4 is 45.9 Å².